The number of oxazole rings is 1. The van der Waals surface area contributed by atoms with Crippen LogP contribution in [0.4, 0.5) is 4.79 Å². The summed E-state index contributed by atoms with van der Waals surface area (Å²) in [6.07, 6.45) is 4.31. The number of nitrogens with zero attached hydrogens (tertiary/aromatic N) is 3. The van der Waals surface area contributed by atoms with Crippen LogP contribution in [0.25, 0.3) is 22.2 Å². The van der Waals surface area contributed by atoms with Gasteiger partial charge in [0, 0.05) is 36.2 Å². The average Bonchev–Trinajstić information content (AvgIpc) is 3.49. The molecule has 3 heterocycles. The lowest BCUT2D eigenvalue weighted by Gasteiger charge is -2.32. The Morgan fingerprint density at radius 2 is 1.69 bits per heavy atom. The summed E-state index contributed by atoms with van der Waals surface area (Å²) in [5, 5.41) is 0.775. The lowest BCUT2D eigenvalue weighted by molar-refractivity contribution is 0.0199. The molecule has 1 saturated heterocycles. The van der Waals surface area contributed by atoms with Crippen molar-refractivity contribution in [2.45, 2.75) is 50.0 Å². The predicted octanol–water partition coefficient (Wildman–Crippen LogP) is 5.65. The second-order valence-electron chi connectivity index (χ2n) is 9.99. The van der Waals surface area contributed by atoms with E-state index in [4.69, 9.17) is 14.1 Å². The van der Waals surface area contributed by atoms with Gasteiger partial charge in [0.1, 0.15) is 17.6 Å². The van der Waals surface area contributed by atoms with Gasteiger partial charge in [0.05, 0.1) is 10.4 Å². The van der Waals surface area contributed by atoms with Gasteiger partial charge in [-0.3, -0.25) is 0 Å². The maximum Gasteiger partial charge on any atom is 0.410 e. The van der Waals surface area contributed by atoms with Crippen LogP contribution >= 0.6 is 0 Å². The van der Waals surface area contributed by atoms with Crippen molar-refractivity contribution < 1.29 is 22.4 Å². The molecule has 1 amide bonds. The lowest BCUT2D eigenvalue weighted by Crippen LogP contribution is -2.41. The van der Waals surface area contributed by atoms with Crippen LogP contribution in [0.15, 0.2) is 76.4 Å². The summed E-state index contributed by atoms with van der Waals surface area (Å²) in [6.45, 7) is 6.69. The largest absolute Gasteiger partial charge is 0.448 e. The maximum atomic E-state index is 13.4. The van der Waals surface area contributed by atoms with E-state index in [0.29, 0.717) is 48.6 Å². The molecule has 0 aliphatic carbocycles. The number of carbonyl (C=O) groups excluding carboxylic acids is 1. The minimum Gasteiger partial charge on any atom is -0.448 e. The number of hydrogen-bond acceptors (Lipinski definition) is 6. The summed E-state index contributed by atoms with van der Waals surface area (Å²) in [4.78, 5) is 19.0. The van der Waals surface area contributed by atoms with Gasteiger partial charge in [0.25, 0.3) is 10.0 Å². The second-order valence-corrected chi connectivity index (χ2v) is 11.8. The first-order chi connectivity index (χ1) is 17.1. The molecule has 4 aromatic rings. The topological polar surface area (TPSA) is 94.6 Å². The van der Waals surface area contributed by atoms with E-state index in [0.717, 1.165) is 5.39 Å². The second kappa shape index (κ2) is 9.13. The highest BCUT2D eigenvalue weighted by Crippen LogP contribution is 2.35. The van der Waals surface area contributed by atoms with Crippen LogP contribution in [0.3, 0.4) is 0 Å². The molecule has 0 atom stereocenters. The van der Waals surface area contributed by atoms with Crippen LogP contribution in [-0.2, 0) is 14.8 Å². The molecular formula is C27H29N3O5S. The van der Waals surface area contributed by atoms with E-state index in [-0.39, 0.29) is 16.9 Å². The molecule has 0 saturated carbocycles. The van der Waals surface area contributed by atoms with Gasteiger partial charge in [0.15, 0.2) is 5.89 Å². The predicted molar refractivity (Wildman–Crippen MR) is 136 cm³/mol. The fraction of sp³-hybridized carbons (Fsp3) is 0.333. The van der Waals surface area contributed by atoms with Gasteiger partial charge in [0.2, 0.25) is 0 Å². The van der Waals surface area contributed by atoms with Crippen molar-refractivity contribution in [1.82, 2.24) is 13.9 Å². The Morgan fingerprint density at radius 1 is 1.03 bits per heavy atom. The van der Waals surface area contributed by atoms with E-state index in [1.54, 1.807) is 53.8 Å². The van der Waals surface area contributed by atoms with E-state index < -0.39 is 15.6 Å². The Bertz CT molecular complexity index is 1490. The molecule has 0 spiro atoms. The minimum absolute atomic E-state index is 0.0684. The van der Waals surface area contributed by atoms with Gasteiger partial charge in [-0.1, -0.05) is 36.4 Å². The molecule has 2 aromatic carbocycles. The Kier molecular flexibility index (Phi) is 6.12. The molecule has 36 heavy (non-hydrogen) atoms. The first kappa shape index (κ1) is 24.1. The third kappa shape index (κ3) is 4.63. The van der Waals surface area contributed by atoms with Crippen molar-refractivity contribution in [3.8, 4) is 11.3 Å². The number of rotatable bonds is 4. The fourth-order valence-electron chi connectivity index (χ4n) is 4.49. The highest BCUT2D eigenvalue weighted by Gasteiger charge is 2.30. The standard InChI is InChI=1S/C27H29N3O5S/c1-27(2,3)35-26(31)29-15-13-19(14-16-29)25-28-23(18-34-25)22-17-30(24-12-8-7-11-21(22)24)36(32,33)20-9-5-4-6-10-20/h4-12,17-19H,13-16H2,1-3H3. The summed E-state index contributed by atoms with van der Waals surface area (Å²) in [6, 6.07) is 15.7. The average molecular weight is 508 g/mol. The van der Waals surface area contributed by atoms with Gasteiger partial charge in [-0.05, 0) is 51.8 Å². The number of amides is 1. The number of ether oxygens (including phenoxy) is 1. The van der Waals surface area contributed by atoms with Gasteiger partial charge >= 0.3 is 6.09 Å². The molecule has 1 fully saturated rings. The van der Waals surface area contributed by atoms with E-state index in [1.807, 2.05) is 39.0 Å². The summed E-state index contributed by atoms with van der Waals surface area (Å²) in [5.74, 6) is 0.662. The molecule has 2 aromatic heterocycles. The van der Waals surface area contributed by atoms with Gasteiger partial charge in [-0.2, -0.15) is 0 Å². The van der Waals surface area contributed by atoms with Gasteiger partial charge < -0.3 is 14.1 Å². The quantitative estimate of drug-likeness (QED) is 0.354. The summed E-state index contributed by atoms with van der Waals surface area (Å²) in [5.41, 5.74) is 1.31. The number of aromatic nitrogens is 2. The van der Waals surface area contributed by atoms with Crippen molar-refractivity contribution in [3.05, 3.63) is 72.9 Å². The third-order valence-electron chi connectivity index (χ3n) is 6.27. The summed E-state index contributed by atoms with van der Waals surface area (Å²) in [7, 11) is -3.78. The van der Waals surface area contributed by atoms with Crippen molar-refractivity contribution >= 4 is 27.0 Å². The smallest absolute Gasteiger partial charge is 0.410 e. The van der Waals surface area contributed by atoms with Crippen LogP contribution in [0.5, 0.6) is 0 Å². The first-order valence-electron chi connectivity index (χ1n) is 12.0. The Labute approximate surface area is 210 Å². The van der Waals surface area contributed by atoms with Crippen LogP contribution in [0, 0.1) is 0 Å². The van der Waals surface area contributed by atoms with Crippen LogP contribution < -0.4 is 0 Å². The van der Waals surface area contributed by atoms with Crippen molar-refractivity contribution in [2.75, 3.05) is 13.1 Å². The summed E-state index contributed by atoms with van der Waals surface area (Å²) < 4.78 is 39.4. The number of benzene rings is 2. The zero-order valence-electron chi connectivity index (χ0n) is 20.5. The van der Waals surface area contributed by atoms with Crippen molar-refractivity contribution in [3.63, 3.8) is 0 Å². The van der Waals surface area contributed by atoms with Crippen LogP contribution in [0.1, 0.15) is 45.4 Å². The van der Waals surface area contributed by atoms with E-state index in [1.165, 1.54) is 3.97 Å². The first-order valence-corrected chi connectivity index (χ1v) is 13.4. The zero-order chi connectivity index (χ0) is 25.5. The van der Waals surface area contributed by atoms with Crippen molar-refractivity contribution in [2.24, 2.45) is 0 Å². The summed E-state index contributed by atoms with van der Waals surface area (Å²) >= 11 is 0. The molecule has 0 unspecified atom stereocenters. The Morgan fingerprint density at radius 3 is 2.39 bits per heavy atom. The number of fused-ring (bicyclic) bond motifs is 1. The molecule has 188 valence electrons. The SMILES string of the molecule is CC(C)(C)OC(=O)N1CCC(c2nc(-c3cn(S(=O)(=O)c4ccccc4)c4ccccc34)co2)CC1. The van der Waals surface area contributed by atoms with Crippen LogP contribution in [-0.4, -0.2) is 47.1 Å². The van der Waals surface area contributed by atoms with Crippen LogP contribution in [0.2, 0.25) is 0 Å². The lowest BCUT2D eigenvalue weighted by atomic mass is 9.97. The number of likely N-dealkylation sites (tertiary alicyclic amines) is 1. The Balaban J connectivity index is 1.40. The molecule has 8 nitrogen and oxygen atoms in total. The number of hydrogen-bond donors (Lipinski definition) is 0. The highest BCUT2D eigenvalue weighted by atomic mass is 32.2. The minimum atomic E-state index is -3.78. The molecule has 0 radical (unpaired) electrons. The number of para-hydroxylation sites is 1. The highest BCUT2D eigenvalue weighted by molar-refractivity contribution is 7.90. The molecule has 1 aliphatic rings. The molecule has 5 rings (SSSR count). The zero-order valence-corrected chi connectivity index (χ0v) is 21.4. The number of piperidine rings is 1. The van der Waals surface area contributed by atoms with E-state index in [2.05, 4.69) is 0 Å². The third-order valence-corrected chi connectivity index (χ3v) is 7.96. The number of carbonyl (C=O) groups is 1. The molecule has 9 heteroatoms. The van der Waals surface area contributed by atoms with Gasteiger partial charge in [-0.25, -0.2) is 22.2 Å². The molecule has 0 N–H and O–H groups in total. The normalized spacial score (nSPS) is 15.4. The van der Waals surface area contributed by atoms with Crippen molar-refractivity contribution in [1.29, 1.82) is 0 Å². The molecular weight excluding hydrogens is 478 g/mol. The van der Waals surface area contributed by atoms with Gasteiger partial charge in [-0.15, -0.1) is 0 Å². The van der Waals surface area contributed by atoms with E-state index >= 15 is 0 Å². The molecule has 0 bridgehead atoms. The monoisotopic (exact) mass is 507 g/mol. The molecule has 1 aliphatic heterocycles. The fourth-order valence-corrected chi connectivity index (χ4v) is 5.88. The maximum absolute atomic E-state index is 13.4. The Hall–Kier alpha value is -3.59. The van der Waals surface area contributed by atoms with E-state index in [9.17, 15) is 13.2 Å².